The molecule has 27 heavy (non-hydrogen) atoms. The number of aromatic nitrogens is 2. The van der Waals surface area contributed by atoms with E-state index in [4.69, 9.17) is 4.98 Å². The van der Waals surface area contributed by atoms with Gasteiger partial charge in [0.05, 0.1) is 22.5 Å². The third-order valence-corrected chi connectivity index (χ3v) is 6.04. The summed E-state index contributed by atoms with van der Waals surface area (Å²) < 4.78 is 2.14. The second kappa shape index (κ2) is 5.98. The molecule has 1 saturated heterocycles. The summed E-state index contributed by atoms with van der Waals surface area (Å²) in [7, 11) is 0. The first kappa shape index (κ1) is 16.1. The molecular formula is C21H20N4O2. The average Bonchev–Trinajstić information content (AvgIpc) is 3.31. The zero-order valence-electron chi connectivity index (χ0n) is 15.0. The minimum Gasteiger partial charge on any atom is -0.481 e. The maximum absolute atomic E-state index is 11.3. The second-order valence-electron chi connectivity index (χ2n) is 7.48. The van der Waals surface area contributed by atoms with Crippen LogP contribution in [0.1, 0.15) is 36.0 Å². The predicted octanol–water partition coefficient (Wildman–Crippen LogP) is 3.15. The van der Waals surface area contributed by atoms with Crippen LogP contribution in [0.4, 0.5) is 5.82 Å². The van der Waals surface area contributed by atoms with Crippen molar-refractivity contribution in [2.75, 3.05) is 18.0 Å². The molecule has 2 aliphatic rings. The molecule has 136 valence electrons. The molecule has 6 nitrogen and oxygen atoms in total. The van der Waals surface area contributed by atoms with Gasteiger partial charge in [0.25, 0.3) is 0 Å². The lowest BCUT2D eigenvalue weighted by molar-refractivity contribution is -0.142. The Bertz CT molecular complexity index is 1120. The highest BCUT2D eigenvalue weighted by Crippen LogP contribution is 2.39. The van der Waals surface area contributed by atoms with Gasteiger partial charge in [0.15, 0.2) is 5.65 Å². The molecule has 0 unspecified atom stereocenters. The van der Waals surface area contributed by atoms with Crippen molar-refractivity contribution in [3.63, 3.8) is 0 Å². The van der Waals surface area contributed by atoms with E-state index < -0.39 is 5.97 Å². The molecule has 5 rings (SSSR count). The molecule has 0 radical (unpaired) electrons. The van der Waals surface area contributed by atoms with E-state index >= 15 is 0 Å². The lowest BCUT2D eigenvalue weighted by Gasteiger charge is -2.34. The predicted molar refractivity (Wildman–Crippen MR) is 102 cm³/mol. The van der Waals surface area contributed by atoms with Gasteiger partial charge in [-0.05, 0) is 55.4 Å². The summed E-state index contributed by atoms with van der Waals surface area (Å²) in [6, 6.07) is 10.4. The summed E-state index contributed by atoms with van der Waals surface area (Å²) in [5, 5.41) is 19.2. The third kappa shape index (κ3) is 2.31. The maximum Gasteiger partial charge on any atom is 0.306 e. The zero-order valence-corrected chi connectivity index (χ0v) is 15.0. The molecule has 0 spiro atoms. The van der Waals surface area contributed by atoms with Gasteiger partial charge in [-0.2, -0.15) is 5.26 Å². The maximum atomic E-state index is 11.3. The number of aliphatic carboxylic acids is 1. The van der Waals surface area contributed by atoms with Crippen molar-refractivity contribution >= 4 is 28.5 Å². The SMILES string of the molecule is N#Cc1c2c(c(N3CCC(C(=O)O)CC3)n3c1nc1ccccc13)CCC2. The molecule has 1 N–H and O–H groups in total. The van der Waals surface area contributed by atoms with Gasteiger partial charge in [-0.25, -0.2) is 4.98 Å². The van der Waals surface area contributed by atoms with E-state index in [0.717, 1.165) is 60.4 Å². The Balaban J connectivity index is 1.76. The third-order valence-electron chi connectivity index (χ3n) is 6.04. The Hall–Kier alpha value is -3.07. The van der Waals surface area contributed by atoms with Crippen LogP contribution in [0.2, 0.25) is 0 Å². The monoisotopic (exact) mass is 360 g/mol. The minimum absolute atomic E-state index is 0.261. The number of nitriles is 1. The van der Waals surface area contributed by atoms with Gasteiger partial charge in [0.2, 0.25) is 0 Å². The first-order valence-electron chi connectivity index (χ1n) is 9.52. The number of anilines is 1. The van der Waals surface area contributed by atoms with Gasteiger partial charge in [-0.15, -0.1) is 0 Å². The second-order valence-corrected chi connectivity index (χ2v) is 7.48. The van der Waals surface area contributed by atoms with Crippen molar-refractivity contribution in [1.29, 1.82) is 5.26 Å². The number of piperidine rings is 1. The van der Waals surface area contributed by atoms with Crippen molar-refractivity contribution in [3.05, 3.63) is 41.0 Å². The van der Waals surface area contributed by atoms with E-state index in [1.807, 2.05) is 24.3 Å². The fraction of sp³-hybridized carbons (Fsp3) is 0.381. The number of hydrogen-bond acceptors (Lipinski definition) is 4. The number of imidazole rings is 1. The molecular weight excluding hydrogens is 340 g/mol. The van der Waals surface area contributed by atoms with Crippen LogP contribution in [-0.2, 0) is 17.6 Å². The molecule has 1 aromatic carbocycles. The summed E-state index contributed by atoms with van der Waals surface area (Å²) in [5.41, 5.74) is 5.71. The van der Waals surface area contributed by atoms with Gasteiger partial charge in [0.1, 0.15) is 11.9 Å². The molecule has 0 atom stereocenters. The molecule has 0 amide bonds. The molecule has 0 saturated carbocycles. The Morgan fingerprint density at radius 1 is 1.19 bits per heavy atom. The Morgan fingerprint density at radius 3 is 2.67 bits per heavy atom. The lowest BCUT2D eigenvalue weighted by atomic mass is 9.96. The number of benzene rings is 1. The van der Waals surface area contributed by atoms with E-state index in [-0.39, 0.29) is 5.92 Å². The fourth-order valence-electron chi connectivity index (χ4n) is 4.73. The van der Waals surface area contributed by atoms with E-state index in [1.54, 1.807) is 0 Å². The topological polar surface area (TPSA) is 81.6 Å². The van der Waals surface area contributed by atoms with Crippen LogP contribution in [-0.4, -0.2) is 33.6 Å². The van der Waals surface area contributed by atoms with Crippen LogP contribution in [0, 0.1) is 17.2 Å². The number of hydrogen-bond donors (Lipinski definition) is 1. The van der Waals surface area contributed by atoms with Crippen LogP contribution in [0.15, 0.2) is 24.3 Å². The van der Waals surface area contributed by atoms with Crippen molar-refractivity contribution < 1.29 is 9.90 Å². The average molecular weight is 360 g/mol. The highest BCUT2D eigenvalue weighted by atomic mass is 16.4. The van der Waals surface area contributed by atoms with Crippen molar-refractivity contribution in [2.24, 2.45) is 5.92 Å². The van der Waals surface area contributed by atoms with Crippen LogP contribution in [0.25, 0.3) is 16.7 Å². The molecule has 2 aromatic heterocycles. The largest absolute Gasteiger partial charge is 0.481 e. The summed E-state index contributed by atoms with van der Waals surface area (Å²) >= 11 is 0. The number of rotatable bonds is 2. The number of carboxylic acid groups (broad SMARTS) is 1. The normalized spacial score (nSPS) is 17.4. The fourth-order valence-corrected chi connectivity index (χ4v) is 4.73. The highest BCUT2D eigenvalue weighted by molar-refractivity contribution is 5.86. The number of fused-ring (bicyclic) bond motifs is 4. The van der Waals surface area contributed by atoms with Gasteiger partial charge in [0, 0.05) is 13.1 Å². The summed E-state index contributed by atoms with van der Waals surface area (Å²) in [4.78, 5) is 18.4. The molecule has 1 fully saturated rings. The van der Waals surface area contributed by atoms with E-state index in [2.05, 4.69) is 15.4 Å². The zero-order chi connectivity index (χ0) is 18.5. The quantitative estimate of drug-likeness (QED) is 0.759. The van der Waals surface area contributed by atoms with E-state index in [1.165, 1.54) is 5.56 Å². The summed E-state index contributed by atoms with van der Waals surface area (Å²) in [5.74, 6) is 0.162. The first-order chi connectivity index (χ1) is 13.2. The molecule has 1 aliphatic carbocycles. The lowest BCUT2D eigenvalue weighted by Crippen LogP contribution is -2.38. The Kier molecular flexibility index (Phi) is 3.57. The standard InChI is InChI=1S/C21H20N4O2/c22-12-16-14-4-3-5-15(14)20(24-10-8-13(9-11-24)21(26)27)25-18-7-2-1-6-17(18)23-19(16)25/h1-2,6-7,13H,3-5,8-11H2,(H,26,27). The van der Waals surface area contributed by atoms with Gasteiger partial charge >= 0.3 is 5.97 Å². The van der Waals surface area contributed by atoms with Gasteiger partial charge < -0.3 is 10.0 Å². The Labute approximate surface area is 156 Å². The van der Waals surface area contributed by atoms with Crippen molar-refractivity contribution in [2.45, 2.75) is 32.1 Å². The minimum atomic E-state index is -0.696. The van der Waals surface area contributed by atoms with Gasteiger partial charge in [-0.1, -0.05) is 12.1 Å². The van der Waals surface area contributed by atoms with E-state index in [0.29, 0.717) is 18.4 Å². The highest BCUT2D eigenvalue weighted by Gasteiger charge is 2.31. The van der Waals surface area contributed by atoms with Crippen LogP contribution in [0.3, 0.4) is 0 Å². The number of para-hydroxylation sites is 2. The molecule has 1 aliphatic heterocycles. The van der Waals surface area contributed by atoms with Gasteiger partial charge in [-0.3, -0.25) is 9.20 Å². The van der Waals surface area contributed by atoms with Crippen LogP contribution < -0.4 is 4.90 Å². The Morgan fingerprint density at radius 2 is 1.93 bits per heavy atom. The van der Waals surface area contributed by atoms with Crippen molar-refractivity contribution in [1.82, 2.24) is 9.38 Å². The van der Waals surface area contributed by atoms with E-state index in [9.17, 15) is 15.2 Å². The molecule has 0 bridgehead atoms. The smallest absolute Gasteiger partial charge is 0.306 e. The summed E-state index contributed by atoms with van der Waals surface area (Å²) in [6.45, 7) is 1.44. The number of carbonyl (C=O) groups is 1. The number of pyridine rings is 1. The van der Waals surface area contributed by atoms with Crippen LogP contribution in [0.5, 0.6) is 0 Å². The first-order valence-corrected chi connectivity index (χ1v) is 9.52. The summed E-state index contributed by atoms with van der Waals surface area (Å²) in [6.07, 6.45) is 4.22. The van der Waals surface area contributed by atoms with Crippen molar-refractivity contribution in [3.8, 4) is 6.07 Å². The molecule has 6 heteroatoms. The number of nitrogens with zero attached hydrogens (tertiary/aromatic N) is 4. The van der Waals surface area contributed by atoms with Crippen LogP contribution >= 0.6 is 0 Å². The molecule has 3 aromatic rings. The number of carboxylic acids is 1. The molecule has 3 heterocycles.